The summed E-state index contributed by atoms with van der Waals surface area (Å²) in [6, 6.07) is 1.41. The zero-order valence-corrected chi connectivity index (χ0v) is 11.7. The van der Waals surface area contributed by atoms with E-state index in [0.29, 0.717) is 18.7 Å². The number of halogens is 3. The van der Waals surface area contributed by atoms with Crippen LogP contribution in [0.3, 0.4) is 0 Å². The molecule has 1 rings (SSSR count). The Hall–Kier alpha value is -1.04. The molecule has 0 bridgehead atoms. The second-order valence-electron chi connectivity index (χ2n) is 5.06. The van der Waals surface area contributed by atoms with Gasteiger partial charge in [-0.2, -0.15) is 18.3 Å². The van der Waals surface area contributed by atoms with E-state index in [1.807, 2.05) is 27.0 Å². The molecule has 0 aliphatic heterocycles. The number of nitrogens with zero attached hydrogens (tertiary/aromatic N) is 2. The molecule has 3 nitrogen and oxygen atoms in total. The third kappa shape index (κ3) is 6.09. The zero-order valence-electron chi connectivity index (χ0n) is 11.7. The highest BCUT2D eigenvalue weighted by Gasteiger charge is 2.31. The highest BCUT2D eigenvalue weighted by atomic mass is 19.4. The van der Waals surface area contributed by atoms with Crippen LogP contribution in [0.25, 0.3) is 0 Å². The van der Waals surface area contributed by atoms with Crippen molar-refractivity contribution in [2.75, 3.05) is 6.54 Å². The molecule has 1 atom stereocenters. The van der Waals surface area contributed by atoms with Gasteiger partial charge in [-0.3, -0.25) is 4.68 Å². The van der Waals surface area contributed by atoms with Gasteiger partial charge in [-0.05, 0) is 32.9 Å². The molecular formula is C13H22F3N3. The number of nitrogens with one attached hydrogen (secondary N) is 1. The summed E-state index contributed by atoms with van der Waals surface area (Å²) in [7, 11) is 0. The smallest absolute Gasteiger partial charge is 0.313 e. The lowest BCUT2D eigenvalue weighted by atomic mass is 10.1. The molecule has 0 saturated heterocycles. The lowest BCUT2D eigenvalue weighted by Gasteiger charge is -2.19. The fourth-order valence-corrected chi connectivity index (χ4v) is 1.87. The Morgan fingerprint density at radius 3 is 2.53 bits per heavy atom. The zero-order chi connectivity index (χ0) is 14.5. The van der Waals surface area contributed by atoms with Crippen LogP contribution in [-0.4, -0.2) is 28.5 Å². The maximum absolute atomic E-state index is 12.5. The van der Waals surface area contributed by atoms with E-state index < -0.39 is 18.6 Å². The normalized spacial score (nSPS) is 14.1. The third-order valence-corrected chi connectivity index (χ3v) is 2.81. The predicted molar refractivity (Wildman–Crippen MR) is 69.1 cm³/mol. The van der Waals surface area contributed by atoms with E-state index in [1.165, 1.54) is 0 Å². The van der Waals surface area contributed by atoms with Crippen LogP contribution < -0.4 is 5.32 Å². The lowest BCUT2D eigenvalue weighted by molar-refractivity contribution is -0.139. The summed E-state index contributed by atoms with van der Waals surface area (Å²) in [5, 5.41) is 7.24. The Labute approximate surface area is 112 Å². The van der Waals surface area contributed by atoms with E-state index in [-0.39, 0.29) is 6.04 Å². The number of hydrogen-bond donors (Lipinski definition) is 1. The van der Waals surface area contributed by atoms with E-state index in [2.05, 4.69) is 10.4 Å². The molecule has 0 aromatic carbocycles. The molecule has 1 N–H and O–H groups in total. The summed E-state index contributed by atoms with van der Waals surface area (Å²) in [6.45, 7) is 6.50. The van der Waals surface area contributed by atoms with Gasteiger partial charge in [-0.25, -0.2) is 0 Å². The Bertz CT molecular complexity index is 371. The van der Waals surface area contributed by atoms with Gasteiger partial charge < -0.3 is 5.32 Å². The highest BCUT2D eigenvalue weighted by molar-refractivity contribution is 5.02. The molecule has 6 heteroatoms. The molecule has 0 amide bonds. The first-order chi connectivity index (χ1) is 8.81. The minimum atomic E-state index is -4.15. The molecular weight excluding hydrogens is 255 g/mol. The van der Waals surface area contributed by atoms with Crippen molar-refractivity contribution in [1.29, 1.82) is 0 Å². The van der Waals surface area contributed by atoms with Crippen molar-refractivity contribution in [2.24, 2.45) is 0 Å². The first-order valence-corrected chi connectivity index (χ1v) is 6.66. The van der Waals surface area contributed by atoms with Gasteiger partial charge >= 0.3 is 6.18 Å². The minimum Gasteiger partial charge on any atom is -0.313 e. The Morgan fingerprint density at radius 2 is 2.05 bits per heavy atom. The topological polar surface area (TPSA) is 29.9 Å². The summed E-state index contributed by atoms with van der Waals surface area (Å²) >= 11 is 0. The Morgan fingerprint density at radius 1 is 1.37 bits per heavy atom. The molecule has 0 fully saturated rings. The van der Waals surface area contributed by atoms with Crippen LogP contribution in [-0.2, 0) is 6.42 Å². The fraction of sp³-hybridized carbons (Fsp3) is 0.769. The lowest BCUT2D eigenvalue weighted by Crippen LogP contribution is -2.36. The van der Waals surface area contributed by atoms with Crippen molar-refractivity contribution in [3.63, 3.8) is 0 Å². The fourth-order valence-electron chi connectivity index (χ4n) is 1.87. The van der Waals surface area contributed by atoms with Crippen molar-refractivity contribution in [1.82, 2.24) is 15.1 Å². The number of aromatic nitrogens is 2. The van der Waals surface area contributed by atoms with Crippen LogP contribution in [0.15, 0.2) is 12.3 Å². The Balaban J connectivity index is 2.64. The summed E-state index contributed by atoms with van der Waals surface area (Å²) < 4.78 is 39.3. The van der Waals surface area contributed by atoms with E-state index >= 15 is 0 Å². The summed E-state index contributed by atoms with van der Waals surface area (Å²) in [4.78, 5) is 0. The van der Waals surface area contributed by atoms with Gasteiger partial charge in [0, 0.05) is 24.7 Å². The maximum Gasteiger partial charge on any atom is 0.390 e. The first-order valence-electron chi connectivity index (χ1n) is 6.66. The maximum atomic E-state index is 12.5. The van der Waals surface area contributed by atoms with E-state index in [9.17, 15) is 13.2 Å². The van der Waals surface area contributed by atoms with Crippen molar-refractivity contribution >= 4 is 0 Å². The van der Waals surface area contributed by atoms with Crippen molar-refractivity contribution < 1.29 is 13.2 Å². The van der Waals surface area contributed by atoms with E-state index in [1.54, 1.807) is 10.7 Å². The summed E-state index contributed by atoms with van der Waals surface area (Å²) in [5.74, 6) is 0. The minimum absolute atomic E-state index is 0.221. The summed E-state index contributed by atoms with van der Waals surface area (Å²) in [5.41, 5.74) is 0.701. The van der Waals surface area contributed by atoms with Gasteiger partial charge in [-0.1, -0.05) is 6.92 Å². The second kappa shape index (κ2) is 6.93. The van der Waals surface area contributed by atoms with Crippen LogP contribution in [0, 0.1) is 0 Å². The number of alkyl halides is 3. The van der Waals surface area contributed by atoms with Gasteiger partial charge in [0.05, 0.1) is 12.1 Å². The third-order valence-electron chi connectivity index (χ3n) is 2.81. The van der Waals surface area contributed by atoms with Crippen molar-refractivity contribution in [2.45, 2.75) is 58.3 Å². The molecule has 1 heterocycles. The van der Waals surface area contributed by atoms with Crippen molar-refractivity contribution in [3.05, 3.63) is 18.0 Å². The van der Waals surface area contributed by atoms with Crippen LogP contribution >= 0.6 is 0 Å². The second-order valence-corrected chi connectivity index (χ2v) is 5.06. The molecule has 0 aliphatic carbocycles. The monoisotopic (exact) mass is 277 g/mol. The SMILES string of the molecule is CCCNC(Cc1ccn(C(C)C)n1)CC(F)(F)F. The van der Waals surface area contributed by atoms with Crippen LogP contribution in [0.4, 0.5) is 13.2 Å². The largest absolute Gasteiger partial charge is 0.390 e. The molecule has 0 saturated carbocycles. The number of hydrogen-bond acceptors (Lipinski definition) is 2. The van der Waals surface area contributed by atoms with Gasteiger partial charge in [0.25, 0.3) is 0 Å². The van der Waals surface area contributed by atoms with Gasteiger partial charge in [0.15, 0.2) is 0 Å². The molecule has 0 aliphatic rings. The molecule has 1 aromatic heterocycles. The Kier molecular flexibility index (Phi) is 5.85. The van der Waals surface area contributed by atoms with Crippen LogP contribution in [0.1, 0.15) is 45.3 Å². The van der Waals surface area contributed by atoms with Crippen LogP contribution in [0.2, 0.25) is 0 Å². The molecule has 1 unspecified atom stereocenters. The first kappa shape index (κ1) is 16.0. The van der Waals surface area contributed by atoms with Crippen molar-refractivity contribution in [3.8, 4) is 0 Å². The van der Waals surface area contributed by atoms with Gasteiger partial charge in [0.1, 0.15) is 0 Å². The quantitative estimate of drug-likeness (QED) is 0.828. The van der Waals surface area contributed by atoms with E-state index in [4.69, 9.17) is 0 Å². The predicted octanol–water partition coefficient (Wildman–Crippen LogP) is 3.33. The molecule has 1 aromatic rings. The summed E-state index contributed by atoms with van der Waals surface area (Å²) in [6.07, 6.45) is -2.04. The molecule has 110 valence electrons. The molecule has 0 radical (unpaired) electrons. The molecule has 19 heavy (non-hydrogen) atoms. The average Bonchev–Trinajstić information content (AvgIpc) is 2.72. The standard InChI is InChI=1S/C13H22F3N3/c1-4-6-17-12(9-13(14,15)16)8-11-5-7-19(18-11)10(2)3/h5,7,10,12,17H,4,6,8-9H2,1-3H3. The molecule has 0 spiro atoms. The van der Waals surface area contributed by atoms with Gasteiger partial charge in [0.2, 0.25) is 0 Å². The van der Waals surface area contributed by atoms with Gasteiger partial charge in [-0.15, -0.1) is 0 Å². The van der Waals surface area contributed by atoms with Crippen LogP contribution in [0.5, 0.6) is 0 Å². The highest BCUT2D eigenvalue weighted by Crippen LogP contribution is 2.23. The average molecular weight is 277 g/mol. The number of rotatable bonds is 7. The van der Waals surface area contributed by atoms with E-state index in [0.717, 1.165) is 6.42 Å².